The first kappa shape index (κ1) is 13.3. The lowest BCUT2D eigenvalue weighted by Gasteiger charge is -2.06. The van der Waals surface area contributed by atoms with Crippen LogP contribution in [0.15, 0.2) is 29.4 Å². The largest absolute Gasteiger partial charge is 0.491 e. The van der Waals surface area contributed by atoms with Crippen molar-refractivity contribution in [2.45, 2.75) is 6.54 Å². The predicted octanol–water partition coefficient (Wildman–Crippen LogP) is 1.85. The summed E-state index contributed by atoms with van der Waals surface area (Å²) in [5.74, 6) is 0.792. The second-order valence-electron chi connectivity index (χ2n) is 3.26. The zero-order chi connectivity index (χ0) is 12.3. The van der Waals surface area contributed by atoms with Gasteiger partial charge >= 0.3 is 0 Å². The van der Waals surface area contributed by atoms with Crippen molar-refractivity contribution in [3.63, 3.8) is 0 Å². The van der Waals surface area contributed by atoms with Gasteiger partial charge in [0.15, 0.2) is 0 Å². The van der Waals surface area contributed by atoms with Crippen LogP contribution in [0.1, 0.15) is 5.56 Å². The summed E-state index contributed by atoms with van der Waals surface area (Å²) < 4.78 is 10.6. The molecule has 0 aliphatic carbocycles. The smallest absolute Gasteiger partial charge is 0.119 e. The average Bonchev–Trinajstić information content (AvgIpc) is 2.38. The minimum absolute atomic E-state index is 0.349. The van der Waals surface area contributed by atoms with E-state index in [1.807, 2.05) is 24.3 Å². The van der Waals surface area contributed by atoms with Crippen LogP contribution >= 0.6 is 0 Å². The fourth-order valence-electron chi connectivity index (χ4n) is 1.19. The molecule has 6 nitrogen and oxygen atoms in total. The van der Waals surface area contributed by atoms with E-state index in [-0.39, 0.29) is 0 Å². The summed E-state index contributed by atoms with van der Waals surface area (Å²) in [7, 11) is 0. The topological polar surface area (TPSA) is 93.2 Å². The van der Waals surface area contributed by atoms with E-state index >= 15 is 0 Å². The highest BCUT2D eigenvalue weighted by Gasteiger charge is 1.94. The maximum atomic E-state index is 8.03. The number of nitrogens with zero attached hydrogens (tertiary/aromatic N) is 3. The summed E-state index contributed by atoms with van der Waals surface area (Å²) in [5, 5.41) is 3.35. The van der Waals surface area contributed by atoms with Crippen molar-refractivity contribution in [2.24, 2.45) is 10.8 Å². The van der Waals surface area contributed by atoms with Gasteiger partial charge in [0.1, 0.15) is 12.4 Å². The Morgan fingerprint density at radius 1 is 1.18 bits per heavy atom. The number of benzene rings is 1. The number of hydrogen-bond acceptors (Lipinski definition) is 4. The fraction of sp³-hybridized carbons (Fsp3) is 0.455. The molecule has 0 amide bonds. The van der Waals surface area contributed by atoms with Gasteiger partial charge in [-0.3, -0.25) is 0 Å². The van der Waals surface area contributed by atoms with Gasteiger partial charge in [-0.25, -0.2) is 0 Å². The summed E-state index contributed by atoms with van der Waals surface area (Å²) in [5.41, 5.74) is 14.6. The van der Waals surface area contributed by atoms with Gasteiger partial charge in [-0.1, -0.05) is 17.2 Å². The first-order valence-electron chi connectivity index (χ1n) is 5.37. The molecule has 0 radical (unpaired) electrons. The molecule has 0 aliphatic rings. The minimum atomic E-state index is 0.349. The van der Waals surface area contributed by atoms with Crippen molar-refractivity contribution < 1.29 is 9.47 Å². The van der Waals surface area contributed by atoms with Gasteiger partial charge in [0, 0.05) is 18.0 Å². The molecule has 2 N–H and O–H groups in total. The van der Waals surface area contributed by atoms with Gasteiger partial charge in [0.2, 0.25) is 0 Å². The van der Waals surface area contributed by atoms with Crippen molar-refractivity contribution in [3.8, 4) is 5.75 Å². The molecule has 0 spiro atoms. The number of hydrogen-bond donors (Lipinski definition) is 1. The highest BCUT2D eigenvalue weighted by atomic mass is 16.5. The molecule has 17 heavy (non-hydrogen) atoms. The summed E-state index contributed by atoms with van der Waals surface area (Å²) in [6, 6.07) is 7.61. The molecule has 1 rings (SSSR count). The first-order valence-corrected chi connectivity index (χ1v) is 5.37. The molecule has 0 fully saturated rings. The van der Waals surface area contributed by atoms with Gasteiger partial charge in [-0.05, 0) is 23.2 Å². The monoisotopic (exact) mass is 236 g/mol. The Hall–Kier alpha value is -1.75. The lowest BCUT2D eigenvalue weighted by atomic mass is 10.2. The SMILES string of the molecule is [N-]=[N+]=NCCOCCOc1ccc(CN)cc1. The molecule has 0 bridgehead atoms. The van der Waals surface area contributed by atoms with Gasteiger partial charge in [-0.15, -0.1) is 0 Å². The lowest BCUT2D eigenvalue weighted by molar-refractivity contribution is 0.106. The van der Waals surface area contributed by atoms with Crippen molar-refractivity contribution >= 4 is 0 Å². The van der Waals surface area contributed by atoms with Crippen molar-refractivity contribution in [1.29, 1.82) is 0 Å². The van der Waals surface area contributed by atoms with Crippen LogP contribution in [-0.2, 0) is 11.3 Å². The zero-order valence-electron chi connectivity index (χ0n) is 9.58. The summed E-state index contributed by atoms with van der Waals surface area (Å²) in [6.07, 6.45) is 0. The van der Waals surface area contributed by atoms with Crippen molar-refractivity contribution in [3.05, 3.63) is 40.3 Å². The van der Waals surface area contributed by atoms with E-state index in [1.165, 1.54) is 0 Å². The number of azide groups is 1. The van der Waals surface area contributed by atoms with Gasteiger partial charge in [0.05, 0.1) is 13.2 Å². The van der Waals surface area contributed by atoms with Crippen LogP contribution in [0, 0.1) is 0 Å². The average molecular weight is 236 g/mol. The first-order chi connectivity index (χ1) is 8.36. The Labute approximate surface area is 100.0 Å². The second kappa shape index (κ2) is 8.41. The summed E-state index contributed by atoms with van der Waals surface area (Å²) in [6.45, 7) is 2.24. The molecule has 0 saturated carbocycles. The maximum absolute atomic E-state index is 8.03. The standard InChI is InChI=1S/C11H16N4O2/c12-9-10-1-3-11(4-2-10)17-8-7-16-6-5-14-15-13/h1-4H,5-9,12H2. The van der Waals surface area contributed by atoms with E-state index in [1.54, 1.807) is 0 Å². The van der Waals surface area contributed by atoms with E-state index in [4.69, 9.17) is 20.7 Å². The van der Waals surface area contributed by atoms with E-state index in [2.05, 4.69) is 10.0 Å². The Kier molecular flexibility index (Phi) is 6.59. The molecule has 0 aliphatic heterocycles. The number of nitrogens with two attached hydrogens (primary N) is 1. The van der Waals surface area contributed by atoms with Crippen molar-refractivity contribution in [1.82, 2.24) is 0 Å². The van der Waals surface area contributed by atoms with Crippen LogP contribution in [0.2, 0.25) is 0 Å². The Balaban J connectivity index is 2.11. The molecule has 92 valence electrons. The third kappa shape index (κ3) is 5.77. The summed E-state index contributed by atoms with van der Waals surface area (Å²) in [4.78, 5) is 2.62. The Morgan fingerprint density at radius 3 is 2.59 bits per heavy atom. The molecule has 0 heterocycles. The molecule has 1 aromatic carbocycles. The highest BCUT2D eigenvalue weighted by Crippen LogP contribution is 2.11. The van der Waals surface area contributed by atoms with Crippen LogP contribution in [0.5, 0.6) is 5.75 Å². The van der Waals surface area contributed by atoms with E-state index < -0.39 is 0 Å². The van der Waals surface area contributed by atoms with Crippen LogP contribution in [0.3, 0.4) is 0 Å². The normalized spacial score (nSPS) is 9.71. The highest BCUT2D eigenvalue weighted by molar-refractivity contribution is 5.26. The predicted molar refractivity (Wildman–Crippen MR) is 64.7 cm³/mol. The Morgan fingerprint density at radius 2 is 1.94 bits per heavy atom. The molecule has 1 aromatic rings. The third-order valence-electron chi connectivity index (χ3n) is 2.05. The molecular weight excluding hydrogens is 220 g/mol. The van der Waals surface area contributed by atoms with E-state index in [0.717, 1.165) is 11.3 Å². The van der Waals surface area contributed by atoms with Crippen LogP contribution in [0.4, 0.5) is 0 Å². The molecule has 0 atom stereocenters. The lowest BCUT2D eigenvalue weighted by Crippen LogP contribution is -2.08. The van der Waals surface area contributed by atoms with E-state index in [0.29, 0.717) is 32.9 Å². The van der Waals surface area contributed by atoms with Gasteiger partial charge in [0.25, 0.3) is 0 Å². The number of rotatable bonds is 8. The zero-order valence-corrected chi connectivity index (χ0v) is 9.58. The molecule has 6 heteroatoms. The number of ether oxygens (including phenoxy) is 2. The van der Waals surface area contributed by atoms with Crippen LogP contribution in [0.25, 0.3) is 10.4 Å². The van der Waals surface area contributed by atoms with Crippen molar-refractivity contribution in [2.75, 3.05) is 26.4 Å². The third-order valence-corrected chi connectivity index (χ3v) is 2.05. The minimum Gasteiger partial charge on any atom is -0.491 e. The quantitative estimate of drug-likeness (QED) is 0.323. The molecular formula is C11H16N4O2. The van der Waals surface area contributed by atoms with Gasteiger partial charge in [-0.2, -0.15) is 0 Å². The van der Waals surface area contributed by atoms with Gasteiger partial charge < -0.3 is 15.2 Å². The molecule has 0 saturated heterocycles. The summed E-state index contributed by atoms with van der Waals surface area (Å²) >= 11 is 0. The molecule has 0 unspecified atom stereocenters. The second-order valence-corrected chi connectivity index (χ2v) is 3.26. The molecule has 0 aromatic heterocycles. The van der Waals surface area contributed by atoms with Crippen LogP contribution in [-0.4, -0.2) is 26.4 Å². The Bertz CT molecular complexity index is 360. The fourth-order valence-corrected chi connectivity index (χ4v) is 1.19. The van der Waals surface area contributed by atoms with Crippen LogP contribution < -0.4 is 10.5 Å². The maximum Gasteiger partial charge on any atom is 0.119 e. The van der Waals surface area contributed by atoms with E-state index in [9.17, 15) is 0 Å².